The Labute approximate surface area is 230 Å². The zero-order chi connectivity index (χ0) is 25.6. The van der Waals surface area contributed by atoms with Gasteiger partial charge >= 0.3 is 0 Å². The molecule has 0 saturated heterocycles. The molecule has 0 spiro atoms. The molecule has 8 aromatic carbocycles. The molecule has 39 heavy (non-hydrogen) atoms. The van der Waals surface area contributed by atoms with Crippen LogP contribution in [-0.2, 0) is 0 Å². The van der Waals surface area contributed by atoms with Crippen LogP contribution in [0.3, 0.4) is 0 Å². The van der Waals surface area contributed by atoms with Crippen molar-refractivity contribution in [3.63, 3.8) is 0 Å². The zero-order valence-corrected chi connectivity index (χ0v) is 21.7. The fourth-order valence-electron chi connectivity index (χ4n) is 6.04. The number of hydrogen-bond acceptors (Lipinski definition) is 0. The van der Waals surface area contributed by atoms with Crippen LogP contribution in [0.5, 0.6) is 0 Å². The fraction of sp³-hybridized carbons (Fsp3) is 0.0769. The minimum Gasteiger partial charge on any atom is -0.0776 e. The van der Waals surface area contributed by atoms with Crippen LogP contribution in [0, 0.1) is 0 Å². The normalized spacial score (nSPS) is 11.1. The van der Waals surface area contributed by atoms with Crippen molar-refractivity contribution in [1.82, 2.24) is 0 Å². The average Bonchev–Trinajstić information content (AvgIpc) is 2.99. The van der Waals surface area contributed by atoms with E-state index >= 15 is 0 Å². The molecule has 0 amide bonds. The summed E-state index contributed by atoms with van der Waals surface area (Å²) in [6.45, 7) is 4.00. The van der Waals surface area contributed by atoms with Gasteiger partial charge in [0, 0.05) is 0 Å². The molecule has 0 saturated carbocycles. The molecule has 8 rings (SSSR count). The largest absolute Gasteiger partial charge is 0.0776 e. The quantitative estimate of drug-likeness (QED) is 0.155. The van der Waals surface area contributed by atoms with Gasteiger partial charge in [-0.25, -0.2) is 0 Å². The summed E-state index contributed by atoms with van der Waals surface area (Å²) < 4.78 is 0. The summed E-state index contributed by atoms with van der Waals surface area (Å²) in [5.74, 6) is 0. The lowest BCUT2D eigenvalue weighted by atomic mass is 9.88. The Morgan fingerprint density at radius 1 is 0.282 bits per heavy atom. The lowest BCUT2D eigenvalue weighted by Crippen LogP contribution is -1.88. The number of hydrogen-bond donors (Lipinski definition) is 0. The Hall–Kier alpha value is -4.68. The molecule has 0 N–H and O–H groups in total. The van der Waals surface area contributed by atoms with E-state index in [1.165, 1.54) is 75.8 Å². The molecule has 0 heterocycles. The molecule has 188 valence electrons. The van der Waals surface area contributed by atoms with Crippen LogP contribution in [-0.4, -0.2) is 0 Å². The molecule has 0 radical (unpaired) electrons. The Morgan fingerprint density at radius 2 is 0.744 bits per heavy atom. The van der Waals surface area contributed by atoms with E-state index in [9.17, 15) is 0 Å². The Morgan fingerprint density at radius 3 is 1.38 bits per heavy atom. The lowest BCUT2D eigenvalue weighted by Gasteiger charge is -2.15. The predicted molar refractivity (Wildman–Crippen MR) is 175 cm³/mol. The van der Waals surface area contributed by atoms with Crippen LogP contribution < -0.4 is 0 Å². The molecule has 0 heteroatoms. The van der Waals surface area contributed by atoms with Gasteiger partial charge in [0.1, 0.15) is 0 Å². The predicted octanol–water partition coefficient (Wildman–Crippen LogP) is 11.9. The Bertz CT molecular complexity index is 2150. The average molecular weight is 501 g/mol. The van der Waals surface area contributed by atoms with Crippen molar-refractivity contribution < 1.29 is 0 Å². The molecule has 0 atom stereocenters. The maximum absolute atomic E-state index is 2.39. The van der Waals surface area contributed by atoms with Crippen LogP contribution in [0.15, 0.2) is 133 Å². The Balaban J connectivity index is 0.000000903. The van der Waals surface area contributed by atoms with E-state index in [0.29, 0.717) is 0 Å². The van der Waals surface area contributed by atoms with Crippen molar-refractivity contribution >= 4 is 64.6 Å². The molecule has 0 bridgehead atoms. The number of benzene rings is 8. The van der Waals surface area contributed by atoms with Crippen LogP contribution in [0.25, 0.3) is 75.8 Å². The summed E-state index contributed by atoms with van der Waals surface area (Å²) in [6, 6.07) is 49.2. The topological polar surface area (TPSA) is 0 Å². The maximum atomic E-state index is 2.39. The van der Waals surface area contributed by atoms with E-state index in [-0.39, 0.29) is 7.43 Å². The molecule has 0 aliphatic heterocycles. The SMILES string of the molecule is C.CC.c1ccc2cc3c(ccc4c(-c5cc6cc7ccccc7cc6c6ccccc56)cccc43)cc2c1. The van der Waals surface area contributed by atoms with Crippen LogP contribution in [0.2, 0.25) is 0 Å². The smallest absolute Gasteiger partial charge is 0.00928 e. The highest BCUT2D eigenvalue weighted by Crippen LogP contribution is 2.41. The summed E-state index contributed by atoms with van der Waals surface area (Å²) in [7, 11) is 0. The second kappa shape index (κ2) is 9.89. The first kappa shape index (κ1) is 24.6. The van der Waals surface area contributed by atoms with Gasteiger partial charge in [-0.3, -0.25) is 0 Å². The van der Waals surface area contributed by atoms with Crippen LogP contribution >= 0.6 is 0 Å². The summed E-state index contributed by atoms with van der Waals surface area (Å²) in [5, 5.41) is 15.5. The summed E-state index contributed by atoms with van der Waals surface area (Å²) in [4.78, 5) is 0. The second-order valence-corrected chi connectivity index (χ2v) is 9.78. The second-order valence-electron chi connectivity index (χ2n) is 9.78. The third-order valence-electron chi connectivity index (χ3n) is 7.76. The van der Waals surface area contributed by atoms with Gasteiger partial charge in [0.15, 0.2) is 0 Å². The monoisotopic (exact) mass is 500 g/mol. The van der Waals surface area contributed by atoms with Crippen molar-refractivity contribution in [3.05, 3.63) is 133 Å². The van der Waals surface area contributed by atoms with E-state index in [1.54, 1.807) is 0 Å². The number of fused-ring (bicyclic) bond motifs is 8. The minimum absolute atomic E-state index is 0. The van der Waals surface area contributed by atoms with Gasteiger partial charge in [-0.15, -0.1) is 0 Å². The third kappa shape index (κ3) is 3.92. The molecule has 0 aliphatic rings. The van der Waals surface area contributed by atoms with Gasteiger partial charge in [0.2, 0.25) is 0 Å². The van der Waals surface area contributed by atoms with Crippen molar-refractivity contribution in [2.75, 3.05) is 0 Å². The third-order valence-corrected chi connectivity index (χ3v) is 7.76. The first-order valence-corrected chi connectivity index (χ1v) is 13.5. The van der Waals surface area contributed by atoms with Crippen molar-refractivity contribution in [2.24, 2.45) is 0 Å². The van der Waals surface area contributed by atoms with E-state index in [2.05, 4.69) is 133 Å². The van der Waals surface area contributed by atoms with Gasteiger partial charge in [0.25, 0.3) is 0 Å². The van der Waals surface area contributed by atoms with Crippen molar-refractivity contribution in [3.8, 4) is 11.1 Å². The molecular formula is C39H32. The molecule has 8 aromatic rings. The molecule has 0 fully saturated rings. The van der Waals surface area contributed by atoms with E-state index in [4.69, 9.17) is 0 Å². The summed E-state index contributed by atoms with van der Waals surface area (Å²) >= 11 is 0. The van der Waals surface area contributed by atoms with Gasteiger partial charge in [-0.1, -0.05) is 124 Å². The van der Waals surface area contributed by atoms with Gasteiger partial charge in [-0.05, 0) is 106 Å². The zero-order valence-electron chi connectivity index (χ0n) is 21.7. The highest BCUT2D eigenvalue weighted by molar-refractivity contribution is 6.21. The Kier molecular flexibility index (Phi) is 6.25. The maximum Gasteiger partial charge on any atom is -0.00928 e. The van der Waals surface area contributed by atoms with Gasteiger partial charge in [0.05, 0.1) is 0 Å². The molecular weight excluding hydrogens is 468 g/mol. The summed E-state index contributed by atoms with van der Waals surface area (Å²) in [5.41, 5.74) is 2.58. The first-order valence-electron chi connectivity index (χ1n) is 13.5. The number of rotatable bonds is 1. The summed E-state index contributed by atoms with van der Waals surface area (Å²) in [6.07, 6.45) is 0. The van der Waals surface area contributed by atoms with Crippen LogP contribution in [0.4, 0.5) is 0 Å². The molecule has 0 nitrogen and oxygen atoms in total. The molecule has 0 unspecified atom stereocenters. The minimum atomic E-state index is 0. The van der Waals surface area contributed by atoms with E-state index in [0.717, 1.165) is 0 Å². The molecule has 0 aliphatic carbocycles. The molecule has 0 aromatic heterocycles. The fourth-order valence-corrected chi connectivity index (χ4v) is 6.04. The highest BCUT2D eigenvalue weighted by atomic mass is 14.2. The van der Waals surface area contributed by atoms with E-state index in [1.807, 2.05) is 13.8 Å². The van der Waals surface area contributed by atoms with Crippen molar-refractivity contribution in [1.29, 1.82) is 0 Å². The highest BCUT2D eigenvalue weighted by Gasteiger charge is 2.13. The standard InChI is InChI=1S/C36H22.C2H6.CH4/c1-3-10-25-20-34-27(18-23(25)8-1)16-17-33-30(34)14-7-15-32(33)36-22-28-19-24-9-2-4-11-26(24)21-35(28)29-12-5-6-13-31(29)36;1-2;/h1-22H;1-2H3;1H4. The lowest BCUT2D eigenvalue weighted by molar-refractivity contribution is 1.50. The van der Waals surface area contributed by atoms with E-state index < -0.39 is 0 Å². The van der Waals surface area contributed by atoms with Gasteiger partial charge < -0.3 is 0 Å². The van der Waals surface area contributed by atoms with Gasteiger partial charge in [-0.2, -0.15) is 0 Å². The van der Waals surface area contributed by atoms with Crippen LogP contribution in [0.1, 0.15) is 21.3 Å². The first-order chi connectivity index (χ1) is 18.8. The van der Waals surface area contributed by atoms with Crippen molar-refractivity contribution in [2.45, 2.75) is 21.3 Å².